The largest absolute Gasteiger partial charge is 0.481 e. The summed E-state index contributed by atoms with van der Waals surface area (Å²) in [7, 11) is 2.01. The molecule has 2 heterocycles. The summed E-state index contributed by atoms with van der Waals surface area (Å²) in [5, 5.41) is 10.2. The molecular formula is C17H22ClFN2O2. The molecule has 0 unspecified atom stereocenters. The van der Waals surface area contributed by atoms with Crippen LogP contribution in [0.25, 0.3) is 0 Å². The third-order valence-corrected chi connectivity index (χ3v) is 5.80. The van der Waals surface area contributed by atoms with Crippen LogP contribution in [0.2, 0.25) is 5.02 Å². The van der Waals surface area contributed by atoms with Crippen molar-refractivity contribution in [1.29, 1.82) is 0 Å². The number of carboxylic acid groups (broad SMARTS) is 1. The fraction of sp³-hybridized carbons (Fsp3) is 0.588. The van der Waals surface area contributed by atoms with E-state index in [0.29, 0.717) is 24.5 Å². The summed E-state index contributed by atoms with van der Waals surface area (Å²) in [5.41, 5.74) is 0.255. The zero-order valence-electron chi connectivity index (χ0n) is 13.3. The molecule has 3 rings (SSSR count). The van der Waals surface area contributed by atoms with Crippen LogP contribution in [0.4, 0.5) is 4.39 Å². The number of carboxylic acids is 1. The Morgan fingerprint density at radius 2 is 2.22 bits per heavy atom. The highest BCUT2D eigenvalue weighted by molar-refractivity contribution is 6.31. The van der Waals surface area contributed by atoms with Crippen molar-refractivity contribution < 1.29 is 14.3 Å². The van der Waals surface area contributed by atoms with Crippen molar-refractivity contribution >= 4 is 17.6 Å². The zero-order chi connectivity index (χ0) is 16.6. The Morgan fingerprint density at radius 3 is 2.91 bits per heavy atom. The van der Waals surface area contributed by atoms with Crippen molar-refractivity contribution in [1.82, 2.24) is 9.80 Å². The van der Waals surface area contributed by atoms with Gasteiger partial charge < -0.3 is 10.0 Å². The molecule has 126 valence electrons. The van der Waals surface area contributed by atoms with E-state index in [4.69, 9.17) is 11.6 Å². The molecule has 6 heteroatoms. The number of halogens is 2. The van der Waals surface area contributed by atoms with Crippen molar-refractivity contribution in [3.63, 3.8) is 0 Å². The highest BCUT2D eigenvalue weighted by Crippen LogP contribution is 2.42. The summed E-state index contributed by atoms with van der Waals surface area (Å²) in [4.78, 5) is 16.3. The summed E-state index contributed by atoms with van der Waals surface area (Å²) in [6, 6.07) is 4.47. The Balaban J connectivity index is 1.77. The predicted molar refractivity (Wildman–Crippen MR) is 87.0 cm³/mol. The number of aliphatic carboxylic acids is 1. The fourth-order valence-electron chi connectivity index (χ4n) is 4.08. The van der Waals surface area contributed by atoms with Gasteiger partial charge in [0.25, 0.3) is 0 Å². The fourth-order valence-corrected chi connectivity index (χ4v) is 4.31. The lowest BCUT2D eigenvalue weighted by molar-refractivity contribution is -0.162. The lowest BCUT2D eigenvalue weighted by atomic mass is 9.68. The molecule has 23 heavy (non-hydrogen) atoms. The van der Waals surface area contributed by atoms with Gasteiger partial charge in [0.1, 0.15) is 5.82 Å². The molecule has 1 aromatic carbocycles. The minimum atomic E-state index is -0.673. The van der Waals surface area contributed by atoms with Gasteiger partial charge >= 0.3 is 5.97 Å². The number of carbonyl (C=O) groups is 1. The number of benzene rings is 1. The number of hydrogen-bond donors (Lipinski definition) is 1. The normalized spacial score (nSPS) is 29.3. The lowest BCUT2D eigenvalue weighted by Crippen LogP contribution is -2.62. The summed E-state index contributed by atoms with van der Waals surface area (Å²) in [6.45, 7) is 2.99. The van der Waals surface area contributed by atoms with E-state index in [-0.39, 0.29) is 11.9 Å². The van der Waals surface area contributed by atoms with Gasteiger partial charge in [-0.25, -0.2) is 4.39 Å². The van der Waals surface area contributed by atoms with Crippen molar-refractivity contribution in [3.8, 4) is 0 Å². The monoisotopic (exact) mass is 340 g/mol. The number of likely N-dealkylation sites (tertiary alicyclic amines) is 2. The van der Waals surface area contributed by atoms with Crippen molar-refractivity contribution in [2.75, 3.05) is 26.7 Å². The third kappa shape index (κ3) is 3.10. The molecule has 0 aliphatic carbocycles. The summed E-state index contributed by atoms with van der Waals surface area (Å²) in [5.74, 6) is -1.01. The highest BCUT2D eigenvalue weighted by atomic mass is 35.5. The first-order chi connectivity index (χ1) is 10.9. The number of nitrogens with zero attached hydrogens (tertiary/aromatic N) is 2. The summed E-state index contributed by atoms with van der Waals surface area (Å²) >= 11 is 6.12. The van der Waals surface area contributed by atoms with E-state index < -0.39 is 11.4 Å². The summed E-state index contributed by atoms with van der Waals surface area (Å²) in [6.07, 6.45) is 2.34. The maximum absolute atomic E-state index is 13.2. The third-order valence-electron chi connectivity index (χ3n) is 5.44. The zero-order valence-corrected chi connectivity index (χ0v) is 14.0. The number of hydrogen-bond acceptors (Lipinski definition) is 3. The van der Waals surface area contributed by atoms with Gasteiger partial charge in [-0.15, -0.1) is 0 Å². The van der Waals surface area contributed by atoms with Crippen LogP contribution >= 0.6 is 11.6 Å². The molecular weight excluding hydrogens is 319 g/mol. The molecule has 2 atom stereocenters. The van der Waals surface area contributed by atoms with E-state index in [1.165, 1.54) is 12.1 Å². The van der Waals surface area contributed by atoms with Crippen LogP contribution in [0, 0.1) is 11.2 Å². The summed E-state index contributed by atoms with van der Waals surface area (Å²) < 4.78 is 13.2. The van der Waals surface area contributed by atoms with Crippen molar-refractivity contribution in [2.24, 2.45) is 5.41 Å². The van der Waals surface area contributed by atoms with Gasteiger partial charge in [-0.2, -0.15) is 0 Å². The van der Waals surface area contributed by atoms with Crippen molar-refractivity contribution in [2.45, 2.75) is 31.8 Å². The van der Waals surface area contributed by atoms with Crippen LogP contribution in [0.5, 0.6) is 0 Å². The molecule has 2 aliphatic heterocycles. The van der Waals surface area contributed by atoms with Crippen molar-refractivity contribution in [3.05, 3.63) is 34.6 Å². The van der Waals surface area contributed by atoms with Gasteiger partial charge in [0.15, 0.2) is 0 Å². The number of likely N-dealkylation sites (N-methyl/N-ethyl adjacent to an activating group) is 1. The first-order valence-electron chi connectivity index (χ1n) is 8.02. The smallest absolute Gasteiger partial charge is 0.311 e. The van der Waals surface area contributed by atoms with Crippen LogP contribution < -0.4 is 0 Å². The molecule has 0 amide bonds. The SMILES string of the molecule is CN1CCC[C@]2(C(=O)O)CCN(Cc3ccc(F)cc3Cl)C[C@@H]12. The molecule has 2 saturated heterocycles. The van der Waals surface area contributed by atoms with Gasteiger partial charge in [0.2, 0.25) is 0 Å². The van der Waals surface area contributed by atoms with E-state index >= 15 is 0 Å². The predicted octanol–water partition coefficient (Wildman–Crippen LogP) is 2.85. The van der Waals surface area contributed by atoms with Gasteiger partial charge in [-0.1, -0.05) is 17.7 Å². The van der Waals surface area contributed by atoms with E-state index in [0.717, 1.165) is 31.5 Å². The first-order valence-corrected chi connectivity index (χ1v) is 8.40. The molecule has 0 bridgehead atoms. The first kappa shape index (κ1) is 16.7. The molecule has 0 spiro atoms. The Labute approximate surface area is 140 Å². The highest BCUT2D eigenvalue weighted by Gasteiger charge is 2.52. The van der Waals surface area contributed by atoms with Gasteiger partial charge in [-0.3, -0.25) is 9.69 Å². The Hall–Kier alpha value is -1.17. The van der Waals surface area contributed by atoms with E-state index in [2.05, 4.69) is 9.80 Å². The molecule has 1 N–H and O–H groups in total. The minimum absolute atomic E-state index is 0.0155. The van der Waals surface area contributed by atoms with E-state index in [1.807, 2.05) is 7.05 Å². The average molecular weight is 341 g/mol. The molecule has 0 aromatic heterocycles. The number of fused-ring (bicyclic) bond motifs is 1. The molecule has 1 aromatic rings. The van der Waals surface area contributed by atoms with Gasteiger partial charge in [0, 0.05) is 24.2 Å². The Morgan fingerprint density at radius 1 is 1.43 bits per heavy atom. The van der Waals surface area contributed by atoms with Crippen LogP contribution in [0.1, 0.15) is 24.8 Å². The molecule has 2 fully saturated rings. The van der Waals surface area contributed by atoms with Gasteiger partial charge in [0.05, 0.1) is 5.41 Å². The second-order valence-electron chi connectivity index (χ2n) is 6.78. The van der Waals surface area contributed by atoms with Crippen LogP contribution in [0.15, 0.2) is 18.2 Å². The Kier molecular flexibility index (Phi) is 4.63. The second kappa shape index (κ2) is 6.38. The Bertz CT molecular complexity index is 612. The van der Waals surface area contributed by atoms with Crippen LogP contribution in [-0.2, 0) is 11.3 Å². The van der Waals surface area contributed by atoms with E-state index in [9.17, 15) is 14.3 Å². The second-order valence-corrected chi connectivity index (χ2v) is 7.19. The number of piperidine rings is 2. The average Bonchev–Trinajstić information content (AvgIpc) is 2.51. The standard InChI is InChI=1S/C17H22ClFN2O2/c1-20-7-2-5-17(16(22)23)6-8-21(11-15(17)20)10-12-3-4-13(19)9-14(12)18/h3-4,9,15H,2,5-8,10-11H2,1H3,(H,22,23)/t15-,17+/m1/s1. The maximum Gasteiger partial charge on any atom is 0.311 e. The van der Waals surface area contributed by atoms with E-state index in [1.54, 1.807) is 6.07 Å². The molecule has 4 nitrogen and oxygen atoms in total. The molecule has 0 saturated carbocycles. The van der Waals surface area contributed by atoms with Crippen LogP contribution in [0.3, 0.4) is 0 Å². The van der Waals surface area contributed by atoms with Gasteiger partial charge in [-0.05, 0) is 57.1 Å². The maximum atomic E-state index is 13.2. The van der Waals surface area contributed by atoms with Crippen LogP contribution in [-0.4, -0.2) is 53.6 Å². The lowest BCUT2D eigenvalue weighted by Gasteiger charge is -2.51. The number of rotatable bonds is 3. The topological polar surface area (TPSA) is 43.8 Å². The molecule has 0 radical (unpaired) electrons. The molecule has 2 aliphatic rings. The quantitative estimate of drug-likeness (QED) is 0.919. The minimum Gasteiger partial charge on any atom is -0.481 e.